The largest absolute Gasteiger partial charge is 0.487 e. The molecular weight excluding hydrogens is 354 g/mol. The zero-order valence-electron chi connectivity index (χ0n) is 8.32. The first-order valence-electron chi connectivity index (χ1n) is 4.65. The van der Waals surface area contributed by atoms with Gasteiger partial charge >= 0.3 is 0 Å². The summed E-state index contributed by atoms with van der Waals surface area (Å²) in [5.41, 5.74) is 2.95. The van der Waals surface area contributed by atoms with Crippen LogP contribution in [0.3, 0.4) is 0 Å². The summed E-state index contributed by atoms with van der Waals surface area (Å²) in [6.07, 6.45) is 1.83. The van der Waals surface area contributed by atoms with Gasteiger partial charge in [-0.25, -0.2) is 0 Å². The van der Waals surface area contributed by atoms with Crippen LogP contribution in [0.1, 0.15) is 10.4 Å². The standard InChI is InChI=1S/C11H9Br2NOS/c12-4-8-2-1-3-10(13)11(8)15-6-9-5-14-7-16-9/h1-3,5,7H,4,6H2. The molecule has 16 heavy (non-hydrogen) atoms. The van der Waals surface area contributed by atoms with Gasteiger partial charge in [-0.1, -0.05) is 28.1 Å². The molecule has 0 aliphatic heterocycles. The maximum Gasteiger partial charge on any atom is 0.138 e. The second kappa shape index (κ2) is 5.80. The van der Waals surface area contributed by atoms with E-state index in [1.807, 2.05) is 29.9 Å². The summed E-state index contributed by atoms with van der Waals surface area (Å²) in [5.74, 6) is 0.896. The van der Waals surface area contributed by atoms with Crippen molar-refractivity contribution in [1.29, 1.82) is 0 Å². The summed E-state index contributed by atoms with van der Waals surface area (Å²) in [4.78, 5) is 5.14. The summed E-state index contributed by atoms with van der Waals surface area (Å²) >= 11 is 8.54. The van der Waals surface area contributed by atoms with E-state index in [2.05, 4.69) is 36.8 Å². The number of aromatic nitrogens is 1. The van der Waals surface area contributed by atoms with Crippen molar-refractivity contribution in [1.82, 2.24) is 4.98 Å². The van der Waals surface area contributed by atoms with Crippen molar-refractivity contribution in [3.63, 3.8) is 0 Å². The SMILES string of the molecule is BrCc1cccc(Br)c1OCc1cncs1. The Morgan fingerprint density at radius 3 is 2.94 bits per heavy atom. The lowest BCUT2D eigenvalue weighted by molar-refractivity contribution is 0.305. The van der Waals surface area contributed by atoms with E-state index in [0.29, 0.717) is 6.61 Å². The van der Waals surface area contributed by atoms with Crippen molar-refractivity contribution < 1.29 is 4.74 Å². The molecule has 2 nitrogen and oxygen atoms in total. The maximum absolute atomic E-state index is 5.80. The molecular formula is C11H9Br2NOS. The Kier molecular flexibility index (Phi) is 4.37. The van der Waals surface area contributed by atoms with Gasteiger partial charge in [-0.05, 0) is 22.0 Å². The van der Waals surface area contributed by atoms with Crippen molar-refractivity contribution in [3.05, 3.63) is 44.8 Å². The Balaban J connectivity index is 2.14. The summed E-state index contributed by atoms with van der Waals surface area (Å²) in [6, 6.07) is 6.02. The van der Waals surface area contributed by atoms with Crippen LogP contribution >= 0.6 is 43.2 Å². The third-order valence-electron chi connectivity index (χ3n) is 2.03. The molecule has 0 bridgehead atoms. The quantitative estimate of drug-likeness (QED) is 0.753. The lowest BCUT2D eigenvalue weighted by Gasteiger charge is -2.10. The minimum atomic E-state index is 0.563. The lowest BCUT2D eigenvalue weighted by atomic mass is 10.2. The first kappa shape index (κ1) is 12.1. The van der Waals surface area contributed by atoms with Crippen LogP contribution in [-0.4, -0.2) is 4.98 Å². The van der Waals surface area contributed by atoms with Gasteiger partial charge in [-0.15, -0.1) is 11.3 Å². The van der Waals surface area contributed by atoms with Crippen LogP contribution in [0, 0.1) is 0 Å². The third-order valence-corrected chi connectivity index (χ3v) is 4.02. The second-order valence-electron chi connectivity index (χ2n) is 3.12. The average molecular weight is 363 g/mol. The number of para-hydroxylation sites is 1. The van der Waals surface area contributed by atoms with E-state index in [1.54, 1.807) is 11.3 Å². The van der Waals surface area contributed by atoms with Crippen LogP contribution in [-0.2, 0) is 11.9 Å². The highest BCUT2D eigenvalue weighted by Crippen LogP contribution is 2.31. The summed E-state index contributed by atoms with van der Waals surface area (Å²) in [6.45, 7) is 0.563. The number of nitrogens with zero attached hydrogens (tertiary/aromatic N) is 1. The predicted molar refractivity (Wildman–Crippen MR) is 73.2 cm³/mol. The molecule has 0 amide bonds. The number of rotatable bonds is 4. The summed E-state index contributed by atoms with van der Waals surface area (Å²) in [5, 5.41) is 0.782. The molecule has 0 unspecified atom stereocenters. The van der Waals surface area contributed by atoms with Crippen LogP contribution < -0.4 is 4.74 Å². The van der Waals surface area contributed by atoms with Gasteiger partial charge in [0.05, 0.1) is 14.9 Å². The van der Waals surface area contributed by atoms with E-state index in [4.69, 9.17) is 4.74 Å². The van der Waals surface area contributed by atoms with Gasteiger partial charge in [0, 0.05) is 17.1 Å². The van der Waals surface area contributed by atoms with Crippen LogP contribution in [0.5, 0.6) is 5.75 Å². The fourth-order valence-corrected chi connectivity index (χ4v) is 2.75. The Hall–Kier alpha value is -0.390. The summed E-state index contributed by atoms with van der Waals surface area (Å²) in [7, 11) is 0. The van der Waals surface area contributed by atoms with Gasteiger partial charge in [-0.3, -0.25) is 4.98 Å². The maximum atomic E-state index is 5.80. The lowest BCUT2D eigenvalue weighted by Crippen LogP contribution is -1.97. The van der Waals surface area contributed by atoms with E-state index < -0.39 is 0 Å². The number of thiazole rings is 1. The normalized spacial score (nSPS) is 10.4. The fraction of sp³-hybridized carbons (Fsp3) is 0.182. The topological polar surface area (TPSA) is 22.1 Å². The van der Waals surface area contributed by atoms with Crippen molar-refractivity contribution in [2.45, 2.75) is 11.9 Å². The van der Waals surface area contributed by atoms with Gasteiger partial charge in [0.15, 0.2) is 0 Å². The van der Waals surface area contributed by atoms with E-state index in [9.17, 15) is 0 Å². The predicted octanol–water partition coefficient (Wildman–Crippen LogP) is 4.38. The highest BCUT2D eigenvalue weighted by Gasteiger charge is 2.07. The number of benzene rings is 1. The number of hydrogen-bond donors (Lipinski definition) is 0. The highest BCUT2D eigenvalue weighted by molar-refractivity contribution is 9.10. The van der Waals surface area contributed by atoms with Crippen LogP contribution in [0.15, 0.2) is 34.4 Å². The second-order valence-corrected chi connectivity index (χ2v) is 5.50. The van der Waals surface area contributed by atoms with E-state index in [-0.39, 0.29) is 0 Å². The van der Waals surface area contributed by atoms with Crippen LogP contribution in [0.25, 0.3) is 0 Å². The third kappa shape index (κ3) is 2.84. The highest BCUT2D eigenvalue weighted by atomic mass is 79.9. The molecule has 0 fully saturated rings. The van der Waals surface area contributed by atoms with E-state index >= 15 is 0 Å². The monoisotopic (exact) mass is 361 g/mol. The molecule has 0 saturated carbocycles. The molecule has 1 aromatic heterocycles. The van der Waals surface area contributed by atoms with Crippen molar-refractivity contribution in [2.75, 3.05) is 0 Å². The Morgan fingerprint density at radius 1 is 1.38 bits per heavy atom. The minimum Gasteiger partial charge on any atom is -0.487 e. The Morgan fingerprint density at radius 2 is 2.25 bits per heavy atom. The molecule has 1 heterocycles. The summed E-state index contributed by atoms with van der Waals surface area (Å²) < 4.78 is 6.78. The molecule has 0 N–H and O–H groups in total. The molecule has 0 saturated heterocycles. The van der Waals surface area contributed by atoms with Gasteiger partial charge in [0.25, 0.3) is 0 Å². The number of halogens is 2. The number of alkyl halides is 1. The molecule has 0 radical (unpaired) electrons. The van der Waals surface area contributed by atoms with Crippen LogP contribution in [0.2, 0.25) is 0 Å². The Bertz CT molecular complexity index is 459. The van der Waals surface area contributed by atoms with Gasteiger partial charge < -0.3 is 4.74 Å². The van der Waals surface area contributed by atoms with Gasteiger partial charge in [0.1, 0.15) is 12.4 Å². The molecule has 0 aliphatic carbocycles. The fourth-order valence-electron chi connectivity index (χ4n) is 1.28. The Labute approximate surface area is 115 Å². The van der Waals surface area contributed by atoms with Gasteiger partial charge in [0.2, 0.25) is 0 Å². The van der Waals surface area contributed by atoms with E-state index in [0.717, 1.165) is 26.0 Å². The van der Waals surface area contributed by atoms with E-state index in [1.165, 1.54) is 0 Å². The molecule has 0 spiro atoms. The number of hydrogen-bond acceptors (Lipinski definition) is 3. The zero-order valence-corrected chi connectivity index (χ0v) is 12.3. The molecule has 0 aliphatic rings. The van der Waals surface area contributed by atoms with Gasteiger partial charge in [-0.2, -0.15) is 0 Å². The van der Waals surface area contributed by atoms with Crippen LogP contribution in [0.4, 0.5) is 0 Å². The minimum absolute atomic E-state index is 0.563. The van der Waals surface area contributed by atoms with Crippen molar-refractivity contribution in [3.8, 4) is 5.75 Å². The molecule has 2 rings (SSSR count). The number of ether oxygens (including phenoxy) is 1. The molecule has 84 valence electrons. The average Bonchev–Trinajstić information content (AvgIpc) is 2.80. The smallest absolute Gasteiger partial charge is 0.138 e. The van der Waals surface area contributed by atoms with Crippen molar-refractivity contribution >= 4 is 43.2 Å². The zero-order chi connectivity index (χ0) is 11.4. The first-order valence-corrected chi connectivity index (χ1v) is 7.44. The molecule has 0 atom stereocenters. The molecule has 5 heteroatoms. The first-order chi connectivity index (χ1) is 7.81. The molecule has 2 aromatic rings. The van der Waals surface area contributed by atoms with Crippen molar-refractivity contribution in [2.24, 2.45) is 0 Å². The molecule has 1 aromatic carbocycles.